The average Bonchev–Trinajstić information content (AvgIpc) is 2.50. The SMILES string of the molecule is CC(C)(N)c1nc(CC(=O)NCc2ccc(F)cc2)c(O)c(=O)[nH]1.Cl. The molecule has 1 amide bonds. The van der Waals surface area contributed by atoms with Gasteiger partial charge in [0.25, 0.3) is 5.56 Å². The van der Waals surface area contributed by atoms with Crippen molar-refractivity contribution in [3.8, 4) is 5.75 Å². The van der Waals surface area contributed by atoms with Crippen LogP contribution in [-0.4, -0.2) is 21.0 Å². The maximum absolute atomic E-state index is 12.8. The monoisotopic (exact) mass is 370 g/mol. The van der Waals surface area contributed by atoms with Gasteiger partial charge < -0.3 is 21.1 Å². The lowest BCUT2D eigenvalue weighted by Gasteiger charge is -2.18. The first kappa shape index (κ1) is 20.6. The fraction of sp³-hybridized carbons (Fsp3) is 0.312. The molecule has 0 aliphatic rings. The minimum Gasteiger partial charge on any atom is -0.502 e. The Morgan fingerprint density at radius 2 is 1.96 bits per heavy atom. The van der Waals surface area contributed by atoms with Crippen molar-refractivity contribution in [2.75, 3.05) is 0 Å². The van der Waals surface area contributed by atoms with Crippen LogP contribution in [0.15, 0.2) is 29.1 Å². The third-order valence-corrected chi connectivity index (χ3v) is 3.31. The summed E-state index contributed by atoms with van der Waals surface area (Å²) in [6.07, 6.45) is -0.278. The predicted octanol–water partition coefficient (Wildman–Crippen LogP) is 1.09. The summed E-state index contributed by atoms with van der Waals surface area (Å²) in [6, 6.07) is 5.68. The van der Waals surface area contributed by atoms with Gasteiger partial charge in [-0.05, 0) is 31.5 Å². The molecule has 1 aromatic carbocycles. The number of nitrogens with zero attached hydrogens (tertiary/aromatic N) is 1. The number of benzene rings is 1. The van der Waals surface area contributed by atoms with Crippen LogP contribution in [0.25, 0.3) is 0 Å². The van der Waals surface area contributed by atoms with Crippen LogP contribution in [0.1, 0.15) is 30.9 Å². The second-order valence-electron chi connectivity index (χ2n) is 6.01. The molecule has 0 saturated carbocycles. The standard InChI is InChI=1S/C16H19FN4O3.ClH/c1-16(2,18)15-20-11(13(23)14(24)21-15)7-12(22)19-8-9-3-5-10(17)6-4-9;/h3-6,23H,7-8,18H2,1-2H3,(H,19,22)(H,20,21,24);1H. The van der Waals surface area contributed by atoms with Crippen molar-refractivity contribution in [3.05, 3.63) is 57.5 Å². The van der Waals surface area contributed by atoms with Gasteiger partial charge in [0.1, 0.15) is 11.6 Å². The Kier molecular flexibility index (Phi) is 6.66. The van der Waals surface area contributed by atoms with E-state index < -0.39 is 22.8 Å². The fourth-order valence-corrected chi connectivity index (χ4v) is 1.96. The van der Waals surface area contributed by atoms with Crippen molar-refractivity contribution in [2.45, 2.75) is 32.4 Å². The minimum absolute atomic E-state index is 0. The molecule has 7 nitrogen and oxygen atoms in total. The third kappa shape index (κ3) is 5.54. The van der Waals surface area contributed by atoms with E-state index in [1.807, 2.05) is 0 Å². The number of aromatic nitrogens is 2. The Labute approximate surface area is 149 Å². The maximum Gasteiger partial charge on any atom is 0.293 e. The van der Waals surface area contributed by atoms with Gasteiger partial charge in [0, 0.05) is 6.54 Å². The molecule has 2 rings (SSSR count). The molecule has 1 heterocycles. The number of carbonyl (C=O) groups excluding carboxylic acids is 1. The number of rotatable bonds is 5. The van der Waals surface area contributed by atoms with Crippen LogP contribution in [0, 0.1) is 5.82 Å². The largest absolute Gasteiger partial charge is 0.502 e. The molecule has 25 heavy (non-hydrogen) atoms. The number of nitrogens with one attached hydrogen (secondary N) is 2. The van der Waals surface area contributed by atoms with Crippen LogP contribution in [0.4, 0.5) is 4.39 Å². The van der Waals surface area contributed by atoms with Gasteiger partial charge in [-0.3, -0.25) is 9.59 Å². The predicted molar refractivity (Wildman–Crippen MR) is 92.9 cm³/mol. The summed E-state index contributed by atoms with van der Waals surface area (Å²) in [7, 11) is 0. The molecule has 5 N–H and O–H groups in total. The summed E-state index contributed by atoms with van der Waals surface area (Å²) in [5.41, 5.74) is 4.87. The number of hydrogen-bond acceptors (Lipinski definition) is 5. The van der Waals surface area contributed by atoms with E-state index in [-0.39, 0.29) is 42.7 Å². The van der Waals surface area contributed by atoms with E-state index in [0.717, 1.165) is 5.56 Å². The number of H-pyrrole nitrogens is 1. The van der Waals surface area contributed by atoms with Crippen molar-refractivity contribution in [2.24, 2.45) is 5.73 Å². The number of aromatic hydroxyl groups is 1. The lowest BCUT2D eigenvalue weighted by Crippen LogP contribution is -2.34. The first-order chi connectivity index (χ1) is 11.2. The molecule has 1 aromatic heterocycles. The zero-order valence-electron chi connectivity index (χ0n) is 13.8. The summed E-state index contributed by atoms with van der Waals surface area (Å²) >= 11 is 0. The topological polar surface area (TPSA) is 121 Å². The lowest BCUT2D eigenvalue weighted by atomic mass is 10.1. The Bertz CT molecular complexity index is 801. The van der Waals surface area contributed by atoms with E-state index in [9.17, 15) is 19.1 Å². The van der Waals surface area contributed by atoms with E-state index >= 15 is 0 Å². The summed E-state index contributed by atoms with van der Waals surface area (Å²) in [5.74, 6) is -1.24. The smallest absolute Gasteiger partial charge is 0.293 e. The molecule has 0 spiro atoms. The van der Waals surface area contributed by atoms with Gasteiger partial charge in [-0.2, -0.15) is 0 Å². The van der Waals surface area contributed by atoms with E-state index in [2.05, 4.69) is 15.3 Å². The highest BCUT2D eigenvalue weighted by atomic mass is 35.5. The van der Waals surface area contributed by atoms with Crippen molar-refractivity contribution in [1.82, 2.24) is 15.3 Å². The van der Waals surface area contributed by atoms with Gasteiger partial charge in [-0.1, -0.05) is 12.1 Å². The Morgan fingerprint density at radius 1 is 1.36 bits per heavy atom. The Morgan fingerprint density at radius 3 is 2.52 bits per heavy atom. The Hall–Kier alpha value is -2.45. The van der Waals surface area contributed by atoms with Crippen LogP contribution < -0.4 is 16.6 Å². The highest BCUT2D eigenvalue weighted by Gasteiger charge is 2.21. The van der Waals surface area contributed by atoms with Gasteiger partial charge in [-0.15, -0.1) is 12.4 Å². The average molecular weight is 371 g/mol. The number of nitrogens with two attached hydrogens (primary N) is 1. The molecular formula is C16H20ClFN4O3. The highest BCUT2D eigenvalue weighted by molar-refractivity contribution is 5.85. The number of amides is 1. The zero-order valence-corrected chi connectivity index (χ0v) is 14.6. The summed E-state index contributed by atoms with van der Waals surface area (Å²) in [5, 5.41) is 12.4. The van der Waals surface area contributed by atoms with Crippen molar-refractivity contribution >= 4 is 18.3 Å². The maximum atomic E-state index is 12.8. The quantitative estimate of drug-likeness (QED) is 0.627. The first-order valence-corrected chi connectivity index (χ1v) is 7.29. The van der Waals surface area contributed by atoms with Gasteiger partial charge >= 0.3 is 0 Å². The second kappa shape index (κ2) is 8.09. The van der Waals surface area contributed by atoms with Crippen LogP contribution >= 0.6 is 12.4 Å². The van der Waals surface area contributed by atoms with Crippen molar-refractivity contribution < 1.29 is 14.3 Å². The highest BCUT2D eigenvalue weighted by Crippen LogP contribution is 2.15. The molecule has 0 saturated heterocycles. The summed E-state index contributed by atoms with van der Waals surface area (Å²) in [6.45, 7) is 3.47. The normalized spacial score (nSPS) is 10.9. The zero-order chi connectivity index (χ0) is 17.9. The summed E-state index contributed by atoms with van der Waals surface area (Å²) < 4.78 is 12.8. The first-order valence-electron chi connectivity index (χ1n) is 7.29. The van der Waals surface area contributed by atoms with E-state index in [1.54, 1.807) is 26.0 Å². The van der Waals surface area contributed by atoms with Gasteiger partial charge in [0.15, 0.2) is 0 Å². The van der Waals surface area contributed by atoms with E-state index in [0.29, 0.717) is 0 Å². The molecule has 0 unspecified atom stereocenters. The van der Waals surface area contributed by atoms with Crippen molar-refractivity contribution in [1.29, 1.82) is 0 Å². The number of halogens is 2. The molecule has 0 aliphatic carbocycles. The molecule has 0 aliphatic heterocycles. The Balaban J connectivity index is 0.00000312. The van der Waals surface area contributed by atoms with E-state index in [4.69, 9.17) is 5.73 Å². The molecule has 0 atom stereocenters. The molecule has 0 radical (unpaired) electrons. The van der Waals surface area contributed by atoms with Crippen LogP contribution in [0.3, 0.4) is 0 Å². The fourth-order valence-electron chi connectivity index (χ4n) is 1.96. The minimum atomic E-state index is -0.924. The number of hydrogen-bond donors (Lipinski definition) is 4. The second-order valence-corrected chi connectivity index (χ2v) is 6.01. The van der Waals surface area contributed by atoms with Crippen molar-refractivity contribution in [3.63, 3.8) is 0 Å². The molecule has 136 valence electrons. The van der Waals surface area contributed by atoms with Crippen LogP contribution in [0.5, 0.6) is 5.75 Å². The third-order valence-electron chi connectivity index (χ3n) is 3.31. The number of aromatic amines is 1. The van der Waals surface area contributed by atoms with Gasteiger partial charge in [0.05, 0.1) is 17.7 Å². The lowest BCUT2D eigenvalue weighted by molar-refractivity contribution is -0.120. The molecule has 2 aromatic rings. The van der Waals surface area contributed by atoms with Crippen LogP contribution in [0.2, 0.25) is 0 Å². The van der Waals surface area contributed by atoms with Gasteiger partial charge in [-0.25, -0.2) is 9.37 Å². The van der Waals surface area contributed by atoms with E-state index in [1.165, 1.54) is 12.1 Å². The van der Waals surface area contributed by atoms with Crippen LogP contribution in [-0.2, 0) is 23.3 Å². The molecule has 0 bridgehead atoms. The summed E-state index contributed by atoms with van der Waals surface area (Å²) in [4.78, 5) is 30.2. The van der Waals surface area contributed by atoms with Gasteiger partial charge in [0.2, 0.25) is 11.7 Å². The molecule has 9 heteroatoms. The molecule has 0 fully saturated rings. The number of carbonyl (C=O) groups is 1. The molecular weight excluding hydrogens is 351 g/mol.